The van der Waals surface area contributed by atoms with E-state index in [1.54, 1.807) is 7.11 Å². The van der Waals surface area contributed by atoms with Gasteiger partial charge in [-0.3, -0.25) is 4.79 Å². The summed E-state index contributed by atoms with van der Waals surface area (Å²) in [5, 5.41) is 3.72. The SMILES string of the molecule is COc1ccc2[nH]c(C(=O)NC3CCS(=O)(=O)C3)c(C)c2c1. The maximum absolute atomic E-state index is 12.4. The number of aromatic nitrogens is 1. The molecule has 6 nitrogen and oxygen atoms in total. The molecule has 7 heteroatoms. The maximum Gasteiger partial charge on any atom is 0.268 e. The van der Waals surface area contributed by atoms with Gasteiger partial charge in [-0.15, -0.1) is 0 Å². The summed E-state index contributed by atoms with van der Waals surface area (Å²) in [5.74, 6) is 0.616. The van der Waals surface area contributed by atoms with Crippen LogP contribution in [0.2, 0.25) is 0 Å². The molecule has 1 fully saturated rings. The average molecular weight is 322 g/mol. The van der Waals surface area contributed by atoms with Crippen molar-refractivity contribution >= 4 is 26.6 Å². The Morgan fingerprint density at radius 2 is 2.18 bits per heavy atom. The van der Waals surface area contributed by atoms with E-state index < -0.39 is 9.84 Å². The number of fused-ring (bicyclic) bond motifs is 1. The summed E-state index contributed by atoms with van der Waals surface area (Å²) in [7, 11) is -1.41. The number of methoxy groups -OCH3 is 1. The van der Waals surface area contributed by atoms with Crippen molar-refractivity contribution in [2.75, 3.05) is 18.6 Å². The molecule has 2 N–H and O–H groups in total. The minimum atomic E-state index is -3.01. The molecule has 0 spiro atoms. The second-order valence-electron chi connectivity index (χ2n) is 5.61. The quantitative estimate of drug-likeness (QED) is 0.894. The number of rotatable bonds is 3. The first kappa shape index (κ1) is 14.9. The van der Waals surface area contributed by atoms with Gasteiger partial charge in [-0.2, -0.15) is 0 Å². The van der Waals surface area contributed by atoms with Crippen molar-refractivity contribution in [3.8, 4) is 5.75 Å². The molecule has 1 atom stereocenters. The number of hydrogen-bond acceptors (Lipinski definition) is 4. The minimum absolute atomic E-state index is 0.0197. The summed E-state index contributed by atoms with van der Waals surface area (Å²) in [6.07, 6.45) is 0.473. The molecule has 0 aliphatic carbocycles. The van der Waals surface area contributed by atoms with E-state index >= 15 is 0 Å². The number of carbonyl (C=O) groups excluding carboxylic acids is 1. The van der Waals surface area contributed by atoms with E-state index in [4.69, 9.17) is 4.74 Å². The second kappa shape index (κ2) is 5.31. The molecule has 1 aromatic heterocycles. The highest BCUT2D eigenvalue weighted by Gasteiger charge is 2.29. The number of ether oxygens (including phenoxy) is 1. The van der Waals surface area contributed by atoms with Gasteiger partial charge in [0.1, 0.15) is 11.4 Å². The monoisotopic (exact) mass is 322 g/mol. The van der Waals surface area contributed by atoms with Gasteiger partial charge in [0.25, 0.3) is 5.91 Å². The van der Waals surface area contributed by atoms with E-state index in [2.05, 4.69) is 10.3 Å². The molecule has 1 aliphatic rings. The third-order valence-electron chi connectivity index (χ3n) is 4.06. The summed E-state index contributed by atoms with van der Waals surface area (Å²) >= 11 is 0. The van der Waals surface area contributed by atoms with Crippen LogP contribution in [-0.4, -0.2) is 44.0 Å². The highest BCUT2D eigenvalue weighted by Crippen LogP contribution is 2.26. The molecule has 1 saturated heterocycles. The van der Waals surface area contributed by atoms with Crippen LogP contribution >= 0.6 is 0 Å². The first-order valence-corrected chi connectivity index (χ1v) is 8.89. The third-order valence-corrected chi connectivity index (χ3v) is 5.83. The highest BCUT2D eigenvalue weighted by atomic mass is 32.2. The zero-order chi connectivity index (χ0) is 15.9. The predicted molar refractivity (Wildman–Crippen MR) is 84.1 cm³/mol. The van der Waals surface area contributed by atoms with Crippen molar-refractivity contribution in [1.82, 2.24) is 10.3 Å². The molecule has 118 valence electrons. The van der Waals surface area contributed by atoms with E-state index in [0.717, 1.165) is 22.2 Å². The van der Waals surface area contributed by atoms with E-state index in [0.29, 0.717) is 12.1 Å². The van der Waals surface area contributed by atoms with Gasteiger partial charge in [0.05, 0.1) is 18.6 Å². The molecule has 1 aromatic carbocycles. The number of H-pyrrole nitrogens is 1. The number of amides is 1. The molecular weight excluding hydrogens is 304 g/mol. The van der Waals surface area contributed by atoms with Crippen molar-refractivity contribution in [3.05, 3.63) is 29.5 Å². The number of hydrogen-bond donors (Lipinski definition) is 2. The molecule has 2 aromatic rings. The summed E-state index contributed by atoms with van der Waals surface area (Å²) in [6, 6.07) is 5.25. The number of carbonyl (C=O) groups is 1. The normalized spacial score (nSPS) is 20.2. The molecule has 0 radical (unpaired) electrons. The fraction of sp³-hybridized carbons (Fsp3) is 0.400. The largest absolute Gasteiger partial charge is 0.497 e. The van der Waals surface area contributed by atoms with Crippen LogP contribution < -0.4 is 10.1 Å². The molecular formula is C15H18N2O4S. The van der Waals surface area contributed by atoms with Gasteiger partial charge in [-0.05, 0) is 37.1 Å². The fourth-order valence-electron chi connectivity index (χ4n) is 2.83. The van der Waals surface area contributed by atoms with Gasteiger partial charge >= 0.3 is 0 Å². The maximum atomic E-state index is 12.4. The highest BCUT2D eigenvalue weighted by molar-refractivity contribution is 7.91. The standard InChI is InChI=1S/C15H18N2O4S/c1-9-12-7-11(21-2)3-4-13(12)17-14(9)15(18)16-10-5-6-22(19,20)8-10/h3-4,7,10,17H,5-6,8H2,1-2H3,(H,16,18). The van der Waals surface area contributed by atoms with Crippen LogP contribution in [0.3, 0.4) is 0 Å². The van der Waals surface area contributed by atoms with Crippen molar-refractivity contribution in [2.45, 2.75) is 19.4 Å². The van der Waals surface area contributed by atoms with Gasteiger partial charge in [0, 0.05) is 16.9 Å². The molecule has 0 saturated carbocycles. The molecule has 3 rings (SSSR count). The molecule has 1 amide bonds. The Labute approximate surface area is 128 Å². The number of nitrogens with one attached hydrogen (secondary N) is 2. The Balaban J connectivity index is 1.86. The number of aryl methyl sites for hydroxylation is 1. The minimum Gasteiger partial charge on any atom is -0.497 e. The Bertz CT molecular complexity index is 839. The average Bonchev–Trinajstić information content (AvgIpc) is 2.98. The first-order chi connectivity index (χ1) is 10.4. The summed E-state index contributed by atoms with van der Waals surface area (Å²) in [4.78, 5) is 15.5. The van der Waals surface area contributed by atoms with E-state index in [1.807, 2.05) is 25.1 Å². The molecule has 0 bridgehead atoms. The number of aromatic amines is 1. The van der Waals surface area contributed by atoms with Gasteiger partial charge in [0.2, 0.25) is 0 Å². The number of sulfone groups is 1. The lowest BCUT2D eigenvalue weighted by molar-refractivity contribution is 0.0936. The van der Waals surface area contributed by atoms with Crippen LogP contribution in [0.25, 0.3) is 10.9 Å². The summed E-state index contributed by atoms with van der Waals surface area (Å²) in [5.41, 5.74) is 2.14. The van der Waals surface area contributed by atoms with Crippen LogP contribution in [-0.2, 0) is 9.84 Å². The van der Waals surface area contributed by atoms with Crippen LogP contribution in [0.4, 0.5) is 0 Å². The zero-order valence-electron chi connectivity index (χ0n) is 12.5. The third kappa shape index (κ3) is 2.68. The first-order valence-electron chi connectivity index (χ1n) is 7.07. The molecule has 22 heavy (non-hydrogen) atoms. The second-order valence-corrected chi connectivity index (χ2v) is 7.84. The Morgan fingerprint density at radius 3 is 2.82 bits per heavy atom. The summed E-state index contributed by atoms with van der Waals surface area (Å²) < 4.78 is 28.1. The van der Waals surface area contributed by atoms with Gasteiger partial charge in [-0.25, -0.2) is 8.42 Å². The Kier molecular flexibility index (Phi) is 3.60. The topological polar surface area (TPSA) is 88.3 Å². The van der Waals surface area contributed by atoms with Crippen LogP contribution in [0.15, 0.2) is 18.2 Å². The fourth-order valence-corrected chi connectivity index (χ4v) is 4.50. The number of benzene rings is 1. The molecule has 2 heterocycles. The lowest BCUT2D eigenvalue weighted by Crippen LogP contribution is -2.36. The molecule has 1 aliphatic heterocycles. The van der Waals surface area contributed by atoms with Crippen molar-refractivity contribution in [2.24, 2.45) is 0 Å². The lowest BCUT2D eigenvalue weighted by Gasteiger charge is -2.10. The van der Waals surface area contributed by atoms with Crippen molar-refractivity contribution in [1.29, 1.82) is 0 Å². The van der Waals surface area contributed by atoms with Crippen LogP contribution in [0.1, 0.15) is 22.5 Å². The van der Waals surface area contributed by atoms with Crippen molar-refractivity contribution in [3.63, 3.8) is 0 Å². The Hall–Kier alpha value is -2.02. The van der Waals surface area contributed by atoms with E-state index in [-0.39, 0.29) is 23.5 Å². The van der Waals surface area contributed by atoms with Gasteiger partial charge in [0.15, 0.2) is 9.84 Å². The van der Waals surface area contributed by atoms with Gasteiger partial charge < -0.3 is 15.0 Å². The van der Waals surface area contributed by atoms with E-state index in [9.17, 15) is 13.2 Å². The molecule has 1 unspecified atom stereocenters. The van der Waals surface area contributed by atoms with Crippen LogP contribution in [0.5, 0.6) is 5.75 Å². The predicted octanol–water partition coefficient (Wildman–Crippen LogP) is 1.40. The van der Waals surface area contributed by atoms with Crippen molar-refractivity contribution < 1.29 is 17.9 Å². The van der Waals surface area contributed by atoms with E-state index in [1.165, 1.54) is 0 Å². The van der Waals surface area contributed by atoms with Crippen LogP contribution in [0, 0.1) is 6.92 Å². The summed E-state index contributed by atoms with van der Waals surface area (Å²) in [6.45, 7) is 1.86. The smallest absolute Gasteiger partial charge is 0.268 e. The zero-order valence-corrected chi connectivity index (χ0v) is 13.3. The lowest BCUT2D eigenvalue weighted by atomic mass is 10.1. The van der Waals surface area contributed by atoms with Gasteiger partial charge in [-0.1, -0.05) is 0 Å². The Morgan fingerprint density at radius 1 is 1.41 bits per heavy atom.